The van der Waals surface area contributed by atoms with Crippen molar-refractivity contribution >= 4 is 21.8 Å². The first-order chi connectivity index (χ1) is 14.6. The van der Waals surface area contributed by atoms with E-state index in [9.17, 15) is 13.2 Å². The average molecular weight is 451 g/mol. The molecule has 31 heavy (non-hydrogen) atoms. The minimum Gasteiger partial charge on any atom is -0.385 e. The van der Waals surface area contributed by atoms with E-state index < -0.39 is 15.9 Å². The van der Waals surface area contributed by atoms with Crippen molar-refractivity contribution in [2.24, 2.45) is 22.6 Å². The molecule has 9 N–H and O–H groups in total. The van der Waals surface area contributed by atoms with Gasteiger partial charge in [0.05, 0.1) is 4.90 Å². The van der Waals surface area contributed by atoms with E-state index in [2.05, 4.69) is 11.7 Å². The lowest BCUT2D eigenvalue weighted by molar-refractivity contribution is 0.0709. The van der Waals surface area contributed by atoms with Crippen LogP contribution in [0, 0.1) is 5.41 Å². The Hall–Kier alpha value is -2.83. The zero-order valence-corrected chi connectivity index (χ0v) is 18.6. The predicted octanol–water partition coefficient (Wildman–Crippen LogP) is 0.601. The summed E-state index contributed by atoms with van der Waals surface area (Å²) in [6.45, 7) is 2.51. The number of carbonyl (C=O) groups is 1. The molecule has 0 radical (unpaired) electrons. The van der Waals surface area contributed by atoms with E-state index in [1.807, 2.05) is 6.92 Å². The molecule has 0 spiro atoms. The van der Waals surface area contributed by atoms with Crippen LogP contribution in [0.1, 0.15) is 29.3 Å². The van der Waals surface area contributed by atoms with E-state index >= 15 is 0 Å². The molecule has 1 atom stereocenters. The van der Waals surface area contributed by atoms with Gasteiger partial charge >= 0.3 is 0 Å². The van der Waals surface area contributed by atoms with Gasteiger partial charge in [-0.3, -0.25) is 21.9 Å². The van der Waals surface area contributed by atoms with Crippen molar-refractivity contribution in [3.05, 3.63) is 53.6 Å². The van der Waals surface area contributed by atoms with Crippen LogP contribution in [0.2, 0.25) is 0 Å². The molecular formula is C20H30N6O4S. The molecule has 0 bridgehead atoms. The van der Waals surface area contributed by atoms with Crippen LogP contribution in [-0.4, -0.2) is 51.9 Å². The number of carbonyl (C=O) groups excluding carboxylic acids is 1. The van der Waals surface area contributed by atoms with Gasteiger partial charge in [-0.25, -0.2) is 13.6 Å². The molecule has 0 heterocycles. The summed E-state index contributed by atoms with van der Waals surface area (Å²) in [6, 6.07) is 11.2. The molecule has 0 aliphatic heterocycles. The summed E-state index contributed by atoms with van der Waals surface area (Å²) >= 11 is 0. The SMILES string of the molecule is COCCC(C)N(C)C(=O)c1ccc(-c2cccc(S(N)(=O)=O)c2C(=N)N)cc1.NN. The topological polar surface area (TPSA) is 192 Å². The first-order valence-electron chi connectivity index (χ1n) is 9.28. The zero-order chi connectivity index (χ0) is 23.8. The number of benzene rings is 2. The number of ether oxygens (including phenoxy) is 1. The van der Waals surface area contributed by atoms with Crippen LogP contribution in [0.25, 0.3) is 11.1 Å². The van der Waals surface area contributed by atoms with Crippen LogP contribution >= 0.6 is 0 Å². The van der Waals surface area contributed by atoms with Gasteiger partial charge in [-0.2, -0.15) is 0 Å². The standard InChI is InChI=1S/C20H26N4O4S.H4N2/c1-13(11-12-28-3)24(2)20(25)15-9-7-14(8-10-15)16-5-4-6-17(29(23,26)27)18(16)19(21)22;1-2/h4-10,13H,11-12H2,1-3H3,(H3,21,22)(H2,23,26,27);1-2H2. The lowest BCUT2D eigenvalue weighted by Crippen LogP contribution is -2.35. The van der Waals surface area contributed by atoms with Crippen LogP contribution in [0.5, 0.6) is 0 Å². The Kier molecular flexibility index (Phi) is 9.75. The van der Waals surface area contributed by atoms with Crippen LogP contribution in [-0.2, 0) is 14.8 Å². The van der Waals surface area contributed by atoms with E-state index in [0.717, 1.165) is 6.42 Å². The summed E-state index contributed by atoms with van der Waals surface area (Å²) in [4.78, 5) is 14.1. The molecule has 2 rings (SSSR count). The fraction of sp³-hybridized carbons (Fsp3) is 0.300. The largest absolute Gasteiger partial charge is 0.385 e. The number of sulfonamides is 1. The van der Waals surface area contributed by atoms with Crippen LogP contribution in [0.3, 0.4) is 0 Å². The van der Waals surface area contributed by atoms with Gasteiger partial charge in [-0.1, -0.05) is 24.3 Å². The third-order valence-electron chi connectivity index (χ3n) is 4.77. The van der Waals surface area contributed by atoms with Crippen molar-refractivity contribution < 1.29 is 17.9 Å². The lowest BCUT2D eigenvalue weighted by atomic mass is 9.97. The molecule has 11 heteroatoms. The number of nitrogen functional groups attached to an aromatic ring is 1. The minimum absolute atomic E-state index is 0.0119. The van der Waals surface area contributed by atoms with Gasteiger partial charge in [0.1, 0.15) is 5.84 Å². The van der Waals surface area contributed by atoms with Gasteiger partial charge < -0.3 is 15.4 Å². The quantitative estimate of drug-likeness (QED) is 0.168. The molecule has 1 unspecified atom stereocenters. The summed E-state index contributed by atoms with van der Waals surface area (Å²) in [6.07, 6.45) is 0.721. The number of hydrazine groups is 1. The highest BCUT2D eigenvalue weighted by Gasteiger charge is 2.21. The molecule has 0 fully saturated rings. The van der Waals surface area contributed by atoms with E-state index in [4.69, 9.17) is 21.0 Å². The van der Waals surface area contributed by atoms with Crippen molar-refractivity contribution in [1.82, 2.24) is 4.90 Å². The van der Waals surface area contributed by atoms with E-state index in [1.165, 1.54) is 12.1 Å². The molecule has 0 saturated carbocycles. The predicted molar refractivity (Wildman–Crippen MR) is 121 cm³/mol. The molecule has 0 aromatic heterocycles. The summed E-state index contributed by atoms with van der Waals surface area (Å²) in [5.74, 6) is 7.46. The fourth-order valence-electron chi connectivity index (χ4n) is 2.96. The number of methoxy groups -OCH3 is 1. The van der Waals surface area contributed by atoms with Crippen LogP contribution < -0.4 is 22.6 Å². The maximum absolute atomic E-state index is 12.7. The highest BCUT2D eigenvalue weighted by atomic mass is 32.2. The zero-order valence-electron chi connectivity index (χ0n) is 17.8. The Balaban J connectivity index is 0.00000233. The van der Waals surface area contributed by atoms with Gasteiger partial charge in [-0.15, -0.1) is 0 Å². The van der Waals surface area contributed by atoms with Crippen LogP contribution in [0.15, 0.2) is 47.4 Å². The molecule has 2 aromatic rings. The second-order valence-corrected chi connectivity index (χ2v) is 8.29. The van der Waals surface area contributed by atoms with Gasteiger partial charge in [0, 0.05) is 37.9 Å². The fourth-order valence-corrected chi connectivity index (χ4v) is 3.74. The molecule has 0 saturated heterocycles. The molecule has 1 amide bonds. The number of nitrogens with zero attached hydrogens (tertiary/aromatic N) is 1. The second kappa shape index (κ2) is 11.5. The second-order valence-electron chi connectivity index (χ2n) is 6.76. The van der Waals surface area contributed by atoms with E-state index in [1.54, 1.807) is 49.4 Å². The lowest BCUT2D eigenvalue weighted by Gasteiger charge is -2.25. The Bertz CT molecular complexity index is 1010. The number of hydrogen-bond acceptors (Lipinski definition) is 7. The van der Waals surface area contributed by atoms with Gasteiger partial charge in [-0.05, 0) is 42.7 Å². The number of nitrogens with two attached hydrogens (primary N) is 4. The van der Waals surface area contributed by atoms with Crippen molar-refractivity contribution in [3.8, 4) is 11.1 Å². The van der Waals surface area contributed by atoms with Crippen molar-refractivity contribution in [3.63, 3.8) is 0 Å². The Morgan fingerprint density at radius 2 is 1.74 bits per heavy atom. The van der Waals surface area contributed by atoms with E-state index in [-0.39, 0.29) is 22.4 Å². The van der Waals surface area contributed by atoms with Crippen molar-refractivity contribution in [1.29, 1.82) is 5.41 Å². The third-order valence-corrected chi connectivity index (χ3v) is 5.72. The highest BCUT2D eigenvalue weighted by Crippen LogP contribution is 2.28. The monoisotopic (exact) mass is 450 g/mol. The van der Waals surface area contributed by atoms with Gasteiger partial charge in [0.25, 0.3) is 5.91 Å². The highest BCUT2D eigenvalue weighted by molar-refractivity contribution is 7.89. The first kappa shape index (κ1) is 26.2. The van der Waals surface area contributed by atoms with E-state index in [0.29, 0.717) is 23.3 Å². The van der Waals surface area contributed by atoms with Gasteiger partial charge in [0.15, 0.2) is 0 Å². The average Bonchev–Trinajstić information content (AvgIpc) is 2.76. The molecule has 2 aromatic carbocycles. The first-order valence-corrected chi connectivity index (χ1v) is 10.8. The third kappa shape index (κ3) is 6.57. The Morgan fingerprint density at radius 1 is 1.16 bits per heavy atom. The number of rotatable bonds is 8. The number of amides is 1. The Morgan fingerprint density at radius 3 is 2.23 bits per heavy atom. The summed E-state index contributed by atoms with van der Waals surface area (Å²) < 4.78 is 28.8. The molecule has 10 nitrogen and oxygen atoms in total. The van der Waals surface area contributed by atoms with Crippen molar-refractivity contribution in [2.45, 2.75) is 24.3 Å². The van der Waals surface area contributed by atoms with Crippen LogP contribution in [0.4, 0.5) is 0 Å². The molecule has 0 aliphatic carbocycles. The normalized spacial score (nSPS) is 11.8. The maximum Gasteiger partial charge on any atom is 0.253 e. The molecular weight excluding hydrogens is 420 g/mol. The number of hydrogen-bond donors (Lipinski definition) is 5. The van der Waals surface area contributed by atoms with Crippen molar-refractivity contribution in [2.75, 3.05) is 20.8 Å². The molecule has 170 valence electrons. The maximum atomic E-state index is 12.7. The number of primary sulfonamides is 1. The summed E-state index contributed by atoms with van der Waals surface area (Å²) in [5.41, 5.74) is 7.23. The summed E-state index contributed by atoms with van der Waals surface area (Å²) in [5, 5.41) is 13.1. The number of amidine groups is 1. The van der Waals surface area contributed by atoms with Gasteiger partial charge in [0.2, 0.25) is 10.0 Å². The smallest absolute Gasteiger partial charge is 0.253 e. The minimum atomic E-state index is -4.05. The number of nitrogens with one attached hydrogen (secondary N) is 1. The summed E-state index contributed by atoms with van der Waals surface area (Å²) in [7, 11) is -0.696. The Labute approximate surface area is 182 Å². The molecule has 0 aliphatic rings.